The van der Waals surface area contributed by atoms with Crippen LogP contribution in [0.15, 0.2) is 22.7 Å². The van der Waals surface area contributed by atoms with Gasteiger partial charge < -0.3 is 14.6 Å². The third kappa shape index (κ3) is 5.50. The molecular weight excluding hydrogens is 476 g/mol. The highest BCUT2D eigenvalue weighted by Crippen LogP contribution is 2.38. The number of nitrogens with one attached hydrogen (secondary N) is 1. The van der Waals surface area contributed by atoms with Crippen molar-refractivity contribution in [1.29, 1.82) is 0 Å². The van der Waals surface area contributed by atoms with Crippen molar-refractivity contribution in [2.45, 2.75) is 64.1 Å². The van der Waals surface area contributed by atoms with Gasteiger partial charge in [-0.25, -0.2) is 4.79 Å². The summed E-state index contributed by atoms with van der Waals surface area (Å²) in [5, 5.41) is 15.0. The van der Waals surface area contributed by atoms with Crippen molar-refractivity contribution in [2.24, 2.45) is 0 Å². The fourth-order valence-corrected chi connectivity index (χ4v) is 6.73. The lowest BCUT2D eigenvalue weighted by molar-refractivity contribution is -0.113. The fraction of sp³-hybridized carbons (Fsp3) is 0.478. The van der Waals surface area contributed by atoms with Crippen LogP contribution in [0.4, 0.5) is 5.00 Å². The van der Waals surface area contributed by atoms with E-state index in [2.05, 4.69) is 27.0 Å². The van der Waals surface area contributed by atoms with Crippen molar-refractivity contribution in [3.63, 3.8) is 0 Å². The summed E-state index contributed by atoms with van der Waals surface area (Å²) in [7, 11) is 0. The Labute approximate surface area is 206 Å². The van der Waals surface area contributed by atoms with Gasteiger partial charge in [0, 0.05) is 11.4 Å². The summed E-state index contributed by atoms with van der Waals surface area (Å²) in [6, 6.07) is 4.02. The van der Waals surface area contributed by atoms with Crippen LogP contribution in [0.2, 0.25) is 0 Å². The first kappa shape index (κ1) is 24.0. The number of carbonyl (C=O) groups excluding carboxylic acids is 2. The Morgan fingerprint density at radius 3 is 2.82 bits per heavy atom. The summed E-state index contributed by atoms with van der Waals surface area (Å²) >= 11 is 4.51. The summed E-state index contributed by atoms with van der Waals surface area (Å²) in [6.45, 7) is 5.01. The minimum absolute atomic E-state index is 0.161. The van der Waals surface area contributed by atoms with E-state index in [4.69, 9.17) is 4.74 Å². The quantitative estimate of drug-likeness (QED) is 0.230. The van der Waals surface area contributed by atoms with Gasteiger partial charge in [-0.2, -0.15) is 0 Å². The molecule has 0 saturated heterocycles. The summed E-state index contributed by atoms with van der Waals surface area (Å²) < 4.78 is 7.39. The molecule has 7 nitrogen and oxygen atoms in total. The number of anilines is 1. The lowest BCUT2D eigenvalue weighted by Gasteiger charge is -2.09. The van der Waals surface area contributed by atoms with Gasteiger partial charge in [-0.15, -0.1) is 32.9 Å². The largest absolute Gasteiger partial charge is 0.462 e. The third-order valence-electron chi connectivity index (χ3n) is 5.39. The SMILES string of the molecule is CCCn1c(SCC(=O)Nc2sc3c(c2C(=O)OCC)CCCCC3)nnc1-c1cccs1. The number of esters is 1. The second-order valence-electron chi connectivity index (χ2n) is 7.76. The molecule has 1 N–H and O–H groups in total. The second-order valence-corrected chi connectivity index (χ2v) is 10.8. The first-order valence-electron chi connectivity index (χ1n) is 11.3. The van der Waals surface area contributed by atoms with E-state index in [1.165, 1.54) is 28.0 Å². The number of nitrogens with zero attached hydrogens (tertiary/aromatic N) is 3. The topological polar surface area (TPSA) is 86.1 Å². The van der Waals surface area contributed by atoms with Crippen molar-refractivity contribution in [3.8, 4) is 10.7 Å². The normalized spacial score (nSPS) is 13.4. The standard InChI is InChI=1S/C23H28N4O3S3/c1-3-12-27-20(17-11-8-13-31-17)25-26-23(27)32-14-18(28)24-21-19(22(29)30-4-2)15-9-6-5-7-10-16(15)33-21/h8,11,13H,3-7,9-10,12,14H2,1-2H3,(H,24,28). The van der Waals surface area contributed by atoms with Crippen LogP contribution in [0.1, 0.15) is 60.3 Å². The molecule has 0 atom stereocenters. The number of hydrogen-bond donors (Lipinski definition) is 1. The highest BCUT2D eigenvalue weighted by molar-refractivity contribution is 7.99. The van der Waals surface area contributed by atoms with Crippen LogP contribution in [-0.4, -0.2) is 39.0 Å². The lowest BCUT2D eigenvalue weighted by atomic mass is 10.1. The van der Waals surface area contributed by atoms with Crippen LogP contribution in [0.5, 0.6) is 0 Å². The second kappa shape index (κ2) is 11.3. The highest BCUT2D eigenvalue weighted by Gasteiger charge is 2.27. The molecule has 0 aromatic carbocycles. The smallest absolute Gasteiger partial charge is 0.341 e. The number of ether oxygens (including phenoxy) is 1. The Bertz CT molecular complexity index is 1100. The monoisotopic (exact) mass is 504 g/mol. The molecule has 0 fully saturated rings. The molecule has 1 aliphatic carbocycles. The van der Waals surface area contributed by atoms with E-state index in [0.717, 1.165) is 66.5 Å². The maximum atomic E-state index is 12.9. The van der Waals surface area contributed by atoms with Crippen molar-refractivity contribution < 1.29 is 14.3 Å². The van der Waals surface area contributed by atoms with E-state index in [1.807, 2.05) is 17.5 Å². The summed E-state index contributed by atoms with van der Waals surface area (Å²) in [4.78, 5) is 27.8. The van der Waals surface area contributed by atoms with Gasteiger partial charge >= 0.3 is 5.97 Å². The van der Waals surface area contributed by atoms with Crippen LogP contribution >= 0.6 is 34.4 Å². The Balaban J connectivity index is 1.49. The maximum absolute atomic E-state index is 12.9. The van der Waals surface area contributed by atoms with Gasteiger partial charge in [0.2, 0.25) is 5.91 Å². The average molecular weight is 505 g/mol. The molecular formula is C23H28N4O3S3. The molecule has 3 aromatic rings. The zero-order chi connectivity index (χ0) is 23.2. The van der Waals surface area contributed by atoms with E-state index in [-0.39, 0.29) is 17.6 Å². The average Bonchev–Trinajstić information content (AvgIpc) is 3.49. The number of aryl methyl sites for hydroxylation is 1. The predicted octanol–water partition coefficient (Wildman–Crippen LogP) is 5.65. The minimum Gasteiger partial charge on any atom is -0.462 e. The Morgan fingerprint density at radius 2 is 2.06 bits per heavy atom. The fourth-order valence-electron chi connectivity index (χ4n) is 3.95. The van der Waals surface area contributed by atoms with E-state index < -0.39 is 0 Å². The molecule has 0 bridgehead atoms. The lowest BCUT2D eigenvalue weighted by Crippen LogP contribution is -2.17. The first-order chi connectivity index (χ1) is 16.1. The Kier molecular flexibility index (Phi) is 8.21. The molecule has 4 rings (SSSR count). The maximum Gasteiger partial charge on any atom is 0.341 e. The van der Waals surface area contributed by atoms with Crippen LogP contribution < -0.4 is 5.32 Å². The summed E-state index contributed by atoms with van der Waals surface area (Å²) in [5.74, 6) is 0.520. The molecule has 176 valence electrons. The number of amides is 1. The molecule has 1 aliphatic rings. The zero-order valence-corrected chi connectivity index (χ0v) is 21.3. The minimum atomic E-state index is -0.344. The van der Waals surface area contributed by atoms with E-state index in [1.54, 1.807) is 18.3 Å². The number of thiophene rings is 2. The molecule has 3 aromatic heterocycles. The van der Waals surface area contributed by atoms with Gasteiger partial charge in [0.25, 0.3) is 0 Å². The van der Waals surface area contributed by atoms with Gasteiger partial charge in [-0.05, 0) is 56.0 Å². The van der Waals surface area contributed by atoms with E-state index >= 15 is 0 Å². The number of aromatic nitrogens is 3. The highest BCUT2D eigenvalue weighted by atomic mass is 32.2. The summed E-state index contributed by atoms with van der Waals surface area (Å²) in [5.41, 5.74) is 1.61. The number of thioether (sulfide) groups is 1. The van der Waals surface area contributed by atoms with Crippen LogP contribution in [0, 0.1) is 0 Å². The number of fused-ring (bicyclic) bond motifs is 1. The molecule has 0 saturated carbocycles. The van der Waals surface area contributed by atoms with Crippen LogP contribution in [0.25, 0.3) is 10.7 Å². The molecule has 3 heterocycles. The van der Waals surface area contributed by atoms with Crippen molar-refractivity contribution in [1.82, 2.24) is 14.8 Å². The molecule has 1 amide bonds. The molecule has 0 spiro atoms. The predicted molar refractivity (Wildman–Crippen MR) is 135 cm³/mol. The molecule has 10 heteroatoms. The van der Waals surface area contributed by atoms with Gasteiger partial charge in [-0.3, -0.25) is 4.79 Å². The molecule has 33 heavy (non-hydrogen) atoms. The van der Waals surface area contributed by atoms with Crippen LogP contribution in [0.3, 0.4) is 0 Å². The van der Waals surface area contributed by atoms with Gasteiger partial charge in [0.05, 0.1) is 22.8 Å². The summed E-state index contributed by atoms with van der Waals surface area (Å²) in [6.07, 6.45) is 6.07. The third-order valence-corrected chi connectivity index (χ3v) is 8.43. The molecule has 0 aliphatic heterocycles. The van der Waals surface area contributed by atoms with E-state index in [9.17, 15) is 9.59 Å². The number of carbonyl (C=O) groups is 2. The first-order valence-corrected chi connectivity index (χ1v) is 14.0. The van der Waals surface area contributed by atoms with Crippen molar-refractivity contribution >= 4 is 51.3 Å². The van der Waals surface area contributed by atoms with Crippen molar-refractivity contribution in [3.05, 3.63) is 33.5 Å². The molecule has 0 unspecified atom stereocenters. The van der Waals surface area contributed by atoms with E-state index in [0.29, 0.717) is 17.2 Å². The van der Waals surface area contributed by atoms with Crippen LogP contribution in [-0.2, 0) is 28.9 Å². The molecule has 0 radical (unpaired) electrons. The van der Waals surface area contributed by atoms with Crippen molar-refractivity contribution in [2.75, 3.05) is 17.7 Å². The van der Waals surface area contributed by atoms with Gasteiger partial charge in [-0.1, -0.05) is 31.2 Å². The zero-order valence-electron chi connectivity index (χ0n) is 18.9. The van der Waals surface area contributed by atoms with Gasteiger partial charge in [0.1, 0.15) is 5.00 Å². The number of rotatable bonds is 9. The Hall–Kier alpha value is -2.17. The Morgan fingerprint density at radius 1 is 1.21 bits per heavy atom. The van der Waals surface area contributed by atoms with Gasteiger partial charge in [0.15, 0.2) is 11.0 Å². The number of hydrogen-bond acceptors (Lipinski definition) is 8.